The molecule has 0 aromatic rings. The zero-order valence-corrected chi connectivity index (χ0v) is 6.70. The minimum absolute atomic E-state index is 0.539. The molecule has 0 aromatic heterocycles. The molecule has 0 spiro atoms. The number of nitrogens with one attached hydrogen (secondary N) is 1. The smallest absolute Gasteiger partial charge is 0.000274 e. The fraction of sp³-hybridized carbons (Fsp3) is 1.00. The molecule has 0 radical (unpaired) electrons. The fourth-order valence-corrected chi connectivity index (χ4v) is 1.74. The van der Waals surface area contributed by atoms with Crippen molar-refractivity contribution in [2.45, 2.75) is 27.2 Å². The van der Waals surface area contributed by atoms with Crippen LogP contribution in [0.2, 0.25) is 0 Å². The van der Waals surface area contributed by atoms with E-state index in [0.717, 1.165) is 5.92 Å². The predicted molar refractivity (Wildman–Crippen MR) is 40.4 cm³/mol. The van der Waals surface area contributed by atoms with Crippen LogP contribution in [0.15, 0.2) is 0 Å². The summed E-state index contributed by atoms with van der Waals surface area (Å²) in [5, 5.41) is 3.42. The first-order valence-electron chi connectivity index (χ1n) is 3.81. The van der Waals surface area contributed by atoms with Crippen LogP contribution < -0.4 is 5.32 Å². The van der Waals surface area contributed by atoms with E-state index in [0.29, 0.717) is 5.41 Å². The molecule has 0 amide bonds. The molecule has 1 saturated heterocycles. The van der Waals surface area contributed by atoms with Gasteiger partial charge in [-0.25, -0.2) is 0 Å². The molecule has 0 unspecified atom stereocenters. The first-order valence-corrected chi connectivity index (χ1v) is 3.81. The molecule has 1 fully saturated rings. The average Bonchev–Trinajstić information content (AvgIpc) is 1.60. The monoisotopic (exact) mass is 127 g/mol. The Hall–Kier alpha value is -0.0400. The molecule has 0 aromatic carbocycles. The Labute approximate surface area is 57.8 Å². The molecule has 1 N–H and O–H groups in total. The summed E-state index contributed by atoms with van der Waals surface area (Å²) in [5.74, 6) is 0.869. The summed E-state index contributed by atoms with van der Waals surface area (Å²) in [4.78, 5) is 0. The van der Waals surface area contributed by atoms with Crippen LogP contribution in [0.25, 0.3) is 0 Å². The summed E-state index contributed by atoms with van der Waals surface area (Å²) >= 11 is 0. The molecule has 1 atom stereocenters. The number of hydrogen-bond acceptors (Lipinski definition) is 1. The largest absolute Gasteiger partial charge is 0.316 e. The lowest BCUT2D eigenvalue weighted by molar-refractivity contribution is 0.211. The second-order valence-electron chi connectivity index (χ2n) is 4.10. The number of hydrogen-bond donors (Lipinski definition) is 1. The zero-order valence-electron chi connectivity index (χ0n) is 6.70. The molecule has 1 rings (SSSR count). The van der Waals surface area contributed by atoms with Gasteiger partial charge in [-0.1, -0.05) is 20.8 Å². The van der Waals surface area contributed by atoms with Crippen LogP contribution in [0, 0.1) is 11.3 Å². The maximum atomic E-state index is 3.42. The Morgan fingerprint density at radius 3 is 2.44 bits per heavy atom. The van der Waals surface area contributed by atoms with Crippen molar-refractivity contribution in [1.82, 2.24) is 5.32 Å². The predicted octanol–water partition coefficient (Wildman–Crippen LogP) is 1.64. The highest BCUT2D eigenvalue weighted by Gasteiger charge is 2.24. The molecule has 1 nitrogen and oxygen atoms in total. The summed E-state index contributed by atoms with van der Waals surface area (Å²) in [5.41, 5.74) is 0.539. The van der Waals surface area contributed by atoms with Gasteiger partial charge in [0.05, 0.1) is 0 Å². The molecule has 0 aliphatic carbocycles. The van der Waals surface area contributed by atoms with Crippen molar-refractivity contribution < 1.29 is 0 Å². The van der Waals surface area contributed by atoms with Crippen molar-refractivity contribution in [2.24, 2.45) is 11.3 Å². The highest BCUT2D eigenvalue weighted by molar-refractivity contribution is 4.79. The third-order valence-electron chi connectivity index (χ3n) is 2.00. The van der Waals surface area contributed by atoms with Crippen molar-refractivity contribution >= 4 is 0 Å². The molecule has 1 aliphatic rings. The van der Waals surface area contributed by atoms with Crippen molar-refractivity contribution in [3.8, 4) is 0 Å². The highest BCUT2D eigenvalue weighted by atomic mass is 14.9. The van der Waals surface area contributed by atoms with Crippen molar-refractivity contribution in [2.75, 3.05) is 13.1 Å². The lowest BCUT2D eigenvalue weighted by Gasteiger charge is -2.34. The molecule has 1 heterocycles. The topological polar surface area (TPSA) is 12.0 Å². The lowest BCUT2D eigenvalue weighted by atomic mass is 9.80. The Kier molecular flexibility index (Phi) is 1.80. The molecule has 9 heavy (non-hydrogen) atoms. The van der Waals surface area contributed by atoms with Crippen molar-refractivity contribution in [3.63, 3.8) is 0 Å². The van der Waals surface area contributed by atoms with Crippen LogP contribution in [-0.2, 0) is 0 Å². The number of rotatable bonds is 0. The first kappa shape index (κ1) is 7.07. The van der Waals surface area contributed by atoms with Crippen LogP contribution in [-0.4, -0.2) is 13.1 Å². The molecule has 0 saturated carbocycles. The van der Waals surface area contributed by atoms with Crippen LogP contribution >= 0.6 is 0 Å². The Balaban J connectivity index is 2.41. The van der Waals surface area contributed by atoms with E-state index >= 15 is 0 Å². The minimum atomic E-state index is 0.539. The van der Waals surface area contributed by atoms with Gasteiger partial charge in [-0.3, -0.25) is 0 Å². The third-order valence-corrected chi connectivity index (χ3v) is 2.00. The van der Waals surface area contributed by atoms with E-state index < -0.39 is 0 Å². The van der Waals surface area contributed by atoms with Gasteiger partial charge in [-0.2, -0.15) is 0 Å². The quantitative estimate of drug-likeness (QED) is 0.521. The first-order chi connectivity index (χ1) is 4.10. The second-order valence-corrected chi connectivity index (χ2v) is 4.10. The Morgan fingerprint density at radius 2 is 2.11 bits per heavy atom. The second kappa shape index (κ2) is 2.30. The summed E-state index contributed by atoms with van der Waals surface area (Å²) in [6.07, 6.45) is 1.38. The molecular weight excluding hydrogens is 110 g/mol. The molecular formula is C8H17N. The maximum absolute atomic E-state index is 3.42. The van der Waals surface area contributed by atoms with E-state index in [1.165, 1.54) is 19.5 Å². The van der Waals surface area contributed by atoms with Crippen LogP contribution in [0.1, 0.15) is 27.2 Å². The number of piperidine rings is 1. The van der Waals surface area contributed by atoms with Gasteiger partial charge in [-0.15, -0.1) is 0 Å². The normalized spacial score (nSPS) is 34.3. The Morgan fingerprint density at radius 1 is 1.44 bits per heavy atom. The van der Waals surface area contributed by atoms with Crippen LogP contribution in [0.4, 0.5) is 0 Å². The molecule has 1 heteroatoms. The molecule has 0 bridgehead atoms. The molecule has 54 valence electrons. The van der Waals surface area contributed by atoms with E-state index in [4.69, 9.17) is 0 Å². The van der Waals surface area contributed by atoms with E-state index in [1.54, 1.807) is 0 Å². The van der Waals surface area contributed by atoms with E-state index in [1.807, 2.05) is 0 Å². The summed E-state index contributed by atoms with van der Waals surface area (Å²) in [6.45, 7) is 9.38. The lowest BCUT2D eigenvalue weighted by Crippen LogP contribution is -2.40. The summed E-state index contributed by atoms with van der Waals surface area (Å²) < 4.78 is 0. The van der Waals surface area contributed by atoms with Crippen molar-refractivity contribution in [3.05, 3.63) is 0 Å². The van der Waals surface area contributed by atoms with Gasteiger partial charge >= 0.3 is 0 Å². The third kappa shape index (κ3) is 1.98. The van der Waals surface area contributed by atoms with E-state index in [2.05, 4.69) is 26.1 Å². The van der Waals surface area contributed by atoms with Gasteiger partial charge in [0.2, 0.25) is 0 Å². The SMILES string of the molecule is C[C@@H]1CNCC(C)(C)C1. The van der Waals surface area contributed by atoms with Crippen LogP contribution in [0.3, 0.4) is 0 Å². The summed E-state index contributed by atoms with van der Waals surface area (Å²) in [7, 11) is 0. The zero-order chi connectivity index (χ0) is 6.91. The standard InChI is InChI=1S/C8H17N/c1-7-4-8(2,3)6-9-5-7/h7,9H,4-6H2,1-3H3/t7-/m0/s1. The van der Waals surface area contributed by atoms with E-state index in [9.17, 15) is 0 Å². The van der Waals surface area contributed by atoms with Gasteiger partial charge in [-0.05, 0) is 24.3 Å². The van der Waals surface area contributed by atoms with Gasteiger partial charge in [0, 0.05) is 6.54 Å². The van der Waals surface area contributed by atoms with E-state index in [-0.39, 0.29) is 0 Å². The Bertz CT molecular complexity index is 96.7. The molecule has 1 aliphatic heterocycles. The van der Waals surface area contributed by atoms with Gasteiger partial charge in [0.15, 0.2) is 0 Å². The van der Waals surface area contributed by atoms with Gasteiger partial charge < -0.3 is 5.32 Å². The van der Waals surface area contributed by atoms with Crippen molar-refractivity contribution in [1.29, 1.82) is 0 Å². The highest BCUT2D eigenvalue weighted by Crippen LogP contribution is 2.27. The van der Waals surface area contributed by atoms with Gasteiger partial charge in [0.1, 0.15) is 0 Å². The fourth-order valence-electron chi connectivity index (χ4n) is 1.74. The average molecular weight is 127 g/mol. The minimum Gasteiger partial charge on any atom is -0.316 e. The van der Waals surface area contributed by atoms with Gasteiger partial charge in [0.25, 0.3) is 0 Å². The summed E-state index contributed by atoms with van der Waals surface area (Å²) in [6, 6.07) is 0. The maximum Gasteiger partial charge on any atom is 0.000274 e. The van der Waals surface area contributed by atoms with Crippen LogP contribution in [0.5, 0.6) is 0 Å².